The van der Waals surface area contributed by atoms with Gasteiger partial charge in [-0.3, -0.25) is 4.79 Å². The van der Waals surface area contributed by atoms with Gasteiger partial charge in [0.05, 0.1) is 0 Å². The second-order valence-corrected chi connectivity index (χ2v) is 5.26. The highest BCUT2D eigenvalue weighted by atomic mass is 127. The molecule has 1 fully saturated rings. The van der Waals surface area contributed by atoms with E-state index in [1.165, 1.54) is 0 Å². The van der Waals surface area contributed by atoms with Crippen LogP contribution in [0.15, 0.2) is 12.7 Å². The molecule has 2 atom stereocenters. The van der Waals surface area contributed by atoms with Crippen molar-refractivity contribution >= 4 is 35.9 Å². The molecule has 0 aromatic carbocycles. The Morgan fingerprint density at radius 3 is 2.91 bits per heavy atom. The molecule has 0 aromatic heterocycles. The van der Waals surface area contributed by atoms with Gasteiger partial charge in [-0.2, -0.15) is 0 Å². The first-order chi connectivity index (χ1) is 5.26. The molecule has 0 N–H and O–H groups in total. The maximum Gasteiger partial charge on any atom is 0.134 e. The topological polar surface area (TPSA) is 17.1 Å². The molecule has 0 saturated heterocycles. The van der Waals surface area contributed by atoms with Gasteiger partial charge in [0.25, 0.3) is 0 Å². The van der Waals surface area contributed by atoms with Crippen molar-refractivity contribution in [2.75, 3.05) is 0 Å². The predicted octanol–water partition coefficient (Wildman–Crippen LogP) is 2.99. The van der Waals surface area contributed by atoms with Crippen molar-refractivity contribution in [2.24, 2.45) is 5.92 Å². The van der Waals surface area contributed by atoms with Crippen LogP contribution in [0.1, 0.15) is 19.3 Å². The number of carbonyl (C=O) groups is 1. The Hall–Kier alpha value is 0.490. The number of Topliss-reactive ketones (excluding diaryl/α,β-unsaturated/α-hetero) is 1. The van der Waals surface area contributed by atoms with Crippen LogP contribution >= 0.6 is 30.1 Å². The summed E-state index contributed by atoms with van der Waals surface area (Å²) in [5.41, 5.74) is 0. The van der Waals surface area contributed by atoms with E-state index in [0.717, 1.165) is 19.3 Å². The molecule has 1 rings (SSSR count). The lowest BCUT2D eigenvalue weighted by molar-refractivity contribution is -0.120. The normalized spacial score (nSPS) is 31.9. The van der Waals surface area contributed by atoms with Gasteiger partial charge in [-0.1, -0.05) is 15.0 Å². The summed E-state index contributed by atoms with van der Waals surface area (Å²) in [4.78, 5) is 11.1. The predicted molar refractivity (Wildman–Crippen MR) is 57.9 cm³/mol. The molecule has 0 unspecified atom stereocenters. The van der Waals surface area contributed by atoms with Crippen LogP contribution in [0.2, 0.25) is 0 Å². The second kappa shape index (κ2) is 4.50. The number of hydrogen-bond acceptors (Lipinski definition) is 2. The summed E-state index contributed by atoms with van der Waals surface area (Å²) >= 11 is 2.27. The summed E-state index contributed by atoms with van der Waals surface area (Å²) in [5.74, 6) is 0.832. The van der Waals surface area contributed by atoms with Crippen molar-refractivity contribution in [2.45, 2.75) is 24.5 Å². The van der Waals surface area contributed by atoms with Gasteiger partial charge in [-0.05, 0) is 33.5 Å². The quantitative estimate of drug-likeness (QED) is 0.572. The minimum absolute atomic E-state index is 0.398. The fraction of sp³-hybridized carbons (Fsp3) is 0.625. The van der Waals surface area contributed by atoms with E-state index < -0.39 is 0 Å². The average molecular weight is 282 g/mol. The Morgan fingerprint density at radius 2 is 2.36 bits per heavy atom. The highest BCUT2D eigenvalue weighted by molar-refractivity contribution is 14.2. The Bertz CT molecular complexity index is 169. The smallest absolute Gasteiger partial charge is 0.134 e. The molecular formula is C8H11IOS. The number of rotatable bonds is 2. The maximum atomic E-state index is 11.1. The van der Waals surface area contributed by atoms with E-state index in [-0.39, 0.29) is 0 Å². The zero-order valence-electron chi connectivity index (χ0n) is 6.25. The van der Waals surface area contributed by atoms with Crippen LogP contribution in [0, 0.1) is 5.92 Å². The third-order valence-electron chi connectivity index (χ3n) is 1.97. The lowest BCUT2D eigenvalue weighted by atomic mass is 9.88. The summed E-state index contributed by atoms with van der Waals surface area (Å²) in [6, 6.07) is 0. The zero-order chi connectivity index (χ0) is 8.27. The lowest BCUT2D eigenvalue weighted by Gasteiger charge is -2.23. The first-order valence-corrected chi connectivity index (χ1v) is 7.10. The van der Waals surface area contributed by atoms with E-state index >= 15 is 0 Å². The van der Waals surface area contributed by atoms with Crippen LogP contribution in [-0.4, -0.2) is 11.0 Å². The van der Waals surface area contributed by atoms with Crippen molar-refractivity contribution in [3.8, 4) is 0 Å². The van der Waals surface area contributed by atoms with Gasteiger partial charge >= 0.3 is 0 Å². The number of ketones is 1. The van der Waals surface area contributed by atoms with E-state index in [1.54, 1.807) is 8.93 Å². The van der Waals surface area contributed by atoms with Crippen LogP contribution in [0.3, 0.4) is 0 Å². The largest absolute Gasteiger partial charge is 0.300 e. The van der Waals surface area contributed by atoms with Crippen LogP contribution in [0.25, 0.3) is 0 Å². The molecule has 3 heteroatoms. The van der Waals surface area contributed by atoms with E-state index in [9.17, 15) is 4.79 Å². The molecule has 1 aliphatic carbocycles. The third-order valence-corrected chi connectivity index (χ3v) is 4.74. The molecule has 0 spiro atoms. The summed E-state index contributed by atoms with van der Waals surface area (Å²) in [6.45, 7) is 3.72. The summed E-state index contributed by atoms with van der Waals surface area (Å²) in [5, 5.41) is 0.528. The molecule has 1 aliphatic rings. The van der Waals surface area contributed by atoms with Gasteiger partial charge in [-0.15, -0.1) is 6.58 Å². The second-order valence-electron chi connectivity index (χ2n) is 2.89. The molecule has 0 aliphatic heterocycles. The zero-order valence-corrected chi connectivity index (χ0v) is 9.23. The van der Waals surface area contributed by atoms with E-state index in [2.05, 4.69) is 27.8 Å². The highest BCUT2D eigenvalue weighted by Gasteiger charge is 2.24. The van der Waals surface area contributed by atoms with Gasteiger partial charge in [0.1, 0.15) is 5.78 Å². The van der Waals surface area contributed by atoms with Gasteiger partial charge in [0.2, 0.25) is 0 Å². The minimum atomic E-state index is 0.398. The molecule has 1 nitrogen and oxygen atoms in total. The molecule has 0 radical (unpaired) electrons. The van der Waals surface area contributed by atoms with Crippen LogP contribution in [0.4, 0.5) is 0 Å². The van der Waals surface area contributed by atoms with E-state index in [0.29, 0.717) is 17.0 Å². The van der Waals surface area contributed by atoms with Gasteiger partial charge in [0, 0.05) is 18.1 Å². The Labute approximate surface area is 83.6 Å². The van der Waals surface area contributed by atoms with Crippen molar-refractivity contribution < 1.29 is 4.79 Å². The van der Waals surface area contributed by atoms with Crippen LogP contribution < -0.4 is 0 Å². The number of halogens is 1. The molecule has 1 saturated carbocycles. The van der Waals surface area contributed by atoms with Crippen molar-refractivity contribution in [1.82, 2.24) is 0 Å². The standard InChI is InChI=1S/C8H11IOS/c1-2-6-3-7(10)5-8(4-6)11-9/h2,6,8H,1,3-5H2/t6-,8+/m0/s1. The molecule has 0 amide bonds. The van der Waals surface area contributed by atoms with Crippen molar-refractivity contribution in [3.63, 3.8) is 0 Å². The monoisotopic (exact) mass is 282 g/mol. The fourth-order valence-electron chi connectivity index (χ4n) is 1.38. The SMILES string of the molecule is C=C[C@H]1CC(=O)C[C@H](SI)C1. The lowest BCUT2D eigenvalue weighted by Crippen LogP contribution is -2.22. The van der Waals surface area contributed by atoms with E-state index in [4.69, 9.17) is 0 Å². The number of allylic oxidation sites excluding steroid dienone is 1. The molecule has 0 bridgehead atoms. The molecule has 0 aromatic rings. The van der Waals surface area contributed by atoms with Crippen LogP contribution in [-0.2, 0) is 4.79 Å². The van der Waals surface area contributed by atoms with Crippen LogP contribution in [0.5, 0.6) is 0 Å². The van der Waals surface area contributed by atoms with Gasteiger partial charge < -0.3 is 0 Å². The molecular weight excluding hydrogens is 271 g/mol. The summed E-state index contributed by atoms with van der Waals surface area (Å²) < 4.78 is 0. The minimum Gasteiger partial charge on any atom is -0.300 e. The maximum absolute atomic E-state index is 11.1. The number of carbonyl (C=O) groups excluding carboxylic acids is 1. The van der Waals surface area contributed by atoms with E-state index in [1.807, 2.05) is 6.08 Å². The van der Waals surface area contributed by atoms with Gasteiger partial charge in [0.15, 0.2) is 0 Å². The van der Waals surface area contributed by atoms with Crippen molar-refractivity contribution in [1.29, 1.82) is 0 Å². The first-order valence-electron chi connectivity index (χ1n) is 3.68. The molecule has 11 heavy (non-hydrogen) atoms. The molecule has 62 valence electrons. The summed E-state index contributed by atoms with van der Waals surface area (Å²) in [6.07, 6.45) is 4.52. The van der Waals surface area contributed by atoms with Crippen molar-refractivity contribution in [3.05, 3.63) is 12.7 Å². The first kappa shape index (κ1) is 9.58. The Morgan fingerprint density at radius 1 is 1.64 bits per heavy atom. The highest BCUT2D eigenvalue weighted by Crippen LogP contribution is 2.34. The fourth-order valence-corrected chi connectivity index (χ4v) is 3.11. The number of hydrogen-bond donors (Lipinski definition) is 0. The average Bonchev–Trinajstić information content (AvgIpc) is 2.03. The van der Waals surface area contributed by atoms with Gasteiger partial charge in [-0.25, -0.2) is 0 Å². The molecule has 0 heterocycles. The third kappa shape index (κ3) is 2.78. The summed E-state index contributed by atoms with van der Waals surface area (Å²) in [7, 11) is 1.77. The Kier molecular flexibility index (Phi) is 3.92. The Balaban J connectivity index is 2.50.